The van der Waals surface area contributed by atoms with Crippen LogP contribution >= 0.6 is 11.6 Å². The molecule has 3 rings (SSSR count). The molecule has 0 radical (unpaired) electrons. The number of hydrogen-bond donors (Lipinski definition) is 1. The summed E-state index contributed by atoms with van der Waals surface area (Å²) in [6, 6.07) is 7.79. The molecule has 0 saturated carbocycles. The van der Waals surface area contributed by atoms with Gasteiger partial charge in [-0.25, -0.2) is 0 Å². The lowest BCUT2D eigenvalue weighted by molar-refractivity contribution is -0.145. The minimum Gasteiger partial charge on any atom is -0.496 e. The van der Waals surface area contributed by atoms with E-state index in [9.17, 15) is 9.90 Å². The summed E-state index contributed by atoms with van der Waals surface area (Å²) in [6.07, 6.45) is 2.30. The summed E-state index contributed by atoms with van der Waals surface area (Å²) in [5.74, 6) is 1.35. The number of hydrogen-bond acceptors (Lipinski definition) is 6. The number of rotatable bonds is 8. The Labute approximate surface area is 187 Å². The summed E-state index contributed by atoms with van der Waals surface area (Å²) in [4.78, 5) is 14.1. The lowest BCUT2D eigenvalue weighted by Gasteiger charge is -2.40. The molecule has 0 spiro atoms. The number of carboxylic acid groups (broad SMARTS) is 1. The first kappa shape index (κ1) is 23.0. The summed E-state index contributed by atoms with van der Waals surface area (Å²) in [7, 11) is 6.27. The molecule has 2 aromatic rings. The summed E-state index contributed by atoms with van der Waals surface area (Å²) in [5.41, 5.74) is 1.50. The number of piperidine rings is 1. The van der Waals surface area contributed by atoms with Crippen molar-refractivity contribution in [3.05, 3.63) is 46.5 Å². The molecule has 0 bridgehead atoms. The van der Waals surface area contributed by atoms with E-state index in [-0.39, 0.29) is 0 Å². The first-order valence-electron chi connectivity index (χ1n) is 10.1. The summed E-state index contributed by atoms with van der Waals surface area (Å²) >= 11 is 6.36. The predicted octanol–water partition coefficient (Wildman–Crippen LogP) is 4.40. The molecule has 2 aromatic carbocycles. The molecule has 8 heteroatoms. The van der Waals surface area contributed by atoms with Gasteiger partial charge in [0, 0.05) is 22.2 Å². The summed E-state index contributed by atoms with van der Waals surface area (Å²) < 4.78 is 22.3. The standard InChI is InChI=1S/C23H28ClNO6/c1-28-18-9-8-14(24)11-15(18)22(25-10-6-5-7-17(25)23(26)27)16-12-20(30-3)21(31-4)13-19(16)29-2/h8-9,11-13,17,22H,5-7,10H2,1-4H3,(H,26,27). The van der Waals surface area contributed by atoms with Gasteiger partial charge in [0.05, 0.1) is 34.5 Å². The van der Waals surface area contributed by atoms with Crippen molar-refractivity contribution in [2.45, 2.75) is 31.3 Å². The molecule has 7 nitrogen and oxygen atoms in total. The van der Waals surface area contributed by atoms with Crippen LogP contribution in [0.2, 0.25) is 5.02 Å². The van der Waals surface area contributed by atoms with Gasteiger partial charge in [0.1, 0.15) is 17.5 Å². The zero-order chi connectivity index (χ0) is 22.5. The highest BCUT2D eigenvalue weighted by Gasteiger charge is 2.38. The van der Waals surface area contributed by atoms with Crippen molar-refractivity contribution in [3.63, 3.8) is 0 Å². The molecule has 0 aromatic heterocycles. The van der Waals surface area contributed by atoms with E-state index >= 15 is 0 Å². The van der Waals surface area contributed by atoms with Crippen LogP contribution in [-0.2, 0) is 4.79 Å². The second kappa shape index (κ2) is 10.1. The molecule has 1 fully saturated rings. The quantitative estimate of drug-likeness (QED) is 0.639. The fraction of sp³-hybridized carbons (Fsp3) is 0.435. The molecule has 1 aliphatic rings. The first-order chi connectivity index (χ1) is 14.9. The maximum atomic E-state index is 12.2. The highest BCUT2D eigenvalue weighted by Crippen LogP contribution is 2.46. The van der Waals surface area contributed by atoms with Gasteiger partial charge in [0.2, 0.25) is 0 Å². The van der Waals surface area contributed by atoms with Crippen molar-refractivity contribution >= 4 is 17.6 Å². The Morgan fingerprint density at radius 2 is 1.55 bits per heavy atom. The normalized spacial score (nSPS) is 17.6. The number of nitrogens with zero attached hydrogens (tertiary/aromatic N) is 1. The van der Waals surface area contributed by atoms with Crippen molar-refractivity contribution in [1.82, 2.24) is 4.90 Å². The van der Waals surface area contributed by atoms with Crippen molar-refractivity contribution in [1.29, 1.82) is 0 Å². The molecule has 2 unspecified atom stereocenters. The average Bonchev–Trinajstić information content (AvgIpc) is 2.79. The van der Waals surface area contributed by atoms with Crippen LogP contribution in [0.15, 0.2) is 30.3 Å². The SMILES string of the molecule is COc1cc(OC)c(C(c2cc(Cl)ccc2OC)N2CCCCC2C(=O)O)cc1OC. The van der Waals surface area contributed by atoms with Crippen molar-refractivity contribution < 1.29 is 28.8 Å². The van der Waals surface area contributed by atoms with E-state index < -0.39 is 18.1 Å². The van der Waals surface area contributed by atoms with E-state index in [1.165, 1.54) is 0 Å². The van der Waals surface area contributed by atoms with E-state index in [2.05, 4.69) is 0 Å². The minimum absolute atomic E-state index is 0.482. The molecule has 1 heterocycles. The van der Waals surface area contributed by atoms with Crippen molar-refractivity contribution in [3.8, 4) is 23.0 Å². The zero-order valence-corrected chi connectivity index (χ0v) is 18.9. The number of ether oxygens (including phenoxy) is 4. The van der Waals surface area contributed by atoms with Gasteiger partial charge in [-0.15, -0.1) is 0 Å². The molecule has 168 valence electrons. The first-order valence-corrected chi connectivity index (χ1v) is 10.4. The van der Waals surface area contributed by atoms with Gasteiger partial charge in [-0.1, -0.05) is 18.0 Å². The number of halogens is 1. The zero-order valence-electron chi connectivity index (χ0n) is 18.2. The summed E-state index contributed by atoms with van der Waals surface area (Å²) in [5, 5.41) is 10.5. The predicted molar refractivity (Wildman–Crippen MR) is 118 cm³/mol. The maximum absolute atomic E-state index is 12.2. The van der Waals surface area contributed by atoms with Gasteiger partial charge in [-0.3, -0.25) is 9.69 Å². The lowest BCUT2D eigenvalue weighted by atomic mass is 9.90. The van der Waals surface area contributed by atoms with E-state index in [1.54, 1.807) is 46.6 Å². The van der Waals surface area contributed by atoms with Crippen molar-refractivity contribution in [2.24, 2.45) is 0 Å². The molecule has 1 saturated heterocycles. The van der Waals surface area contributed by atoms with E-state index in [4.69, 9.17) is 30.5 Å². The third-order valence-electron chi connectivity index (χ3n) is 5.68. The van der Waals surface area contributed by atoms with Gasteiger partial charge in [0.15, 0.2) is 11.5 Å². The second-order valence-corrected chi connectivity index (χ2v) is 7.76. The van der Waals surface area contributed by atoms with Crippen LogP contribution in [0, 0.1) is 0 Å². The highest BCUT2D eigenvalue weighted by molar-refractivity contribution is 6.30. The maximum Gasteiger partial charge on any atom is 0.320 e. The minimum atomic E-state index is -0.856. The van der Waals surface area contributed by atoms with Gasteiger partial charge < -0.3 is 24.1 Å². The van der Waals surface area contributed by atoms with Crippen LogP contribution in [0.5, 0.6) is 23.0 Å². The van der Waals surface area contributed by atoms with Gasteiger partial charge >= 0.3 is 5.97 Å². The Balaban J connectivity index is 2.29. The largest absolute Gasteiger partial charge is 0.496 e. The van der Waals surface area contributed by atoms with Crippen LogP contribution in [0.25, 0.3) is 0 Å². The third kappa shape index (κ3) is 4.67. The van der Waals surface area contributed by atoms with Gasteiger partial charge in [-0.05, 0) is 43.7 Å². The molecule has 1 N–H and O–H groups in total. The smallest absolute Gasteiger partial charge is 0.320 e. The number of likely N-dealkylation sites (tertiary alicyclic amines) is 1. The summed E-state index contributed by atoms with van der Waals surface area (Å²) in [6.45, 7) is 0.606. The Morgan fingerprint density at radius 3 is 2.16 bits per heavy atom. The lowest BCUT2D eigenvalue weighted by Crippen LogP contribution is -2.47. The Bertz CT molecular complexity index is 935. The molecule has 0 aliphatic carbocycles. The number of aliphatic carboxylic acids is 1. The average molecular weight is 450 g/mol. The van der Waals surface area contributed by atoms with Crippen LogP contribution < -0.4 is 18.9 Å². The van der Waals surface area contributed by atoms with Crippen LogP contribution in [0.4, 0.5) is 0 Å². The number of benzene rings is 2. The molecular formula is C23H28ClNO6. The van der Waals surface area contributed by atoms with E-state index in [0.29, 0.717) is 41.0 Å². The van der Waals surface area contributed by atoms with E-state index in [0.717, 1.165) is 24.0 Å². The van der Waals surface area contributed by atoms with Gasteiger partial charge in [-0.2, -0.15) is 0 Å². The molecule has 2 atom stereocenters. The fourth-order valence-electron chi connectivity index (χ4n) is 4.24. The Kier molecular flexibility index (Phi) is 7.51. The third-order valence-corrected chi connectivity index (χ3v) is 5.91. The monoisotopic (exact) mass is 449 g/mol. The van der Waals surface area contributed by atoms with Crippen LogP contribution in [0.1, 0.15) is 36.4 Å². The highest BCUT2D eigenvalue weighted by atomic mass is 35.5. The number of carbonyl (C=O) groups is 1. The molecular weight excluding hydrogens is 422 g/mol. The fourth-order valence-corrected chi connectivity index (χ4v) is 4.42. The molecule has 0 amide bonds. The Morgan fingerprint density at radius 1 is 0.935 bits per heavy atom. The Hall–Kier alpha value is -2.64. The topological polar surface area (TPSA) is 77.5 Å². The van der Waals surface area contributed by atoms with Crippen LogP contribution in [-0.4, -0.2) is 57.0 Å². The molecule has 1 aliphatic heterocycles. The molecule has 31 heavy (non-hydrogen) atoms. The van der Waals surface area contributed by atoms with Gasteiger partial charge in [0.25, 0.3) is 0 Å². The second-order valence-electron chi connectivity index (χ2n) is 7.33. The van der Waals surface area contributed by atoms with Crippen LogP contribution in [0.3, 0.4) is 0 Å². The van der Waals surface area contributed by atoms with E-state index in [1.807, 2.05) is 17.0 Å². The van der Waals surface area contributed by atoms with Crippen molar-refractivity contribution in [2.75, 3.05) is 35.0 Å². The number of methoxy groups -OCH3 is 4. The number of carboxylic acids is 1.